The number of benzene rings is 1. The van der Waals surface area contributed by atoms with E-state index in [4.69, 9.17) is 0 Å². The SMILES string of the molecule is C=CCNc1ncc(C(=O)NC(CO)c2ccc(CC)cc2)s1. The fourth-order valence-corrected chi connectivity index (χ4v) is 2.80. The van der Waals surface area contributed by atoms with E-state index >= 15 is 0 Å². The number of carbonyl (C=O) groups is 1. The predicted molar refractivity (Wildman–Crippen MR) is 93.9 cm³/mol. The van der Waals surface area contributed by atoms with E-state index in [1.165, 1.54) is 23.1 Å². The average molecular weight is 331 g/mol. The third-order valence-electron chi connectivity index (χ3n) is 3.41. The number of hydrogen-bond donors (Lipinski definition) is 3. The first-order chi connectivity index (χ1) is 11.2. The average Bonchev–Trinajstić information content (AvgIpc) is 3.07. The molecule has 0 saturated carbocycles. The van der Waals surface area contributed by atoms with Crippen molar-refractivity contribution in [1.29, 1.82) is 0 Å². The highest BCUT2D eigenvalue weighted by Crippen LogP contribution is 2.20. The van der Waals surface area contributed by atoms with Gasteiger partial charge in [0, 0.05) is 6.54 Å². The quantitative estimate of drug-likeness (QED) is 0.650. The van der Waals surface area contributed by atoms with Crippen LogP contribution in [0.4, 0.5) is 5.13 Å². The summed E-state index contributed by atoms with van der Waals surface area (Å²) in [4.78, 5) is 16.9. The molecule has 0 radical (unpaired) electrons. The third kappa shape index (κ3) is 4.64. The summed E-state index contributed by atoms with van der Waals surface area (Å²) in [5, 5.41) is 16.1. The minimum Gasteiger partial charge on any atom is -0.394 e. The standard InChI is InChI=1S/C17H21N3O2S/c1-3-9-18-17-19-10-15(23-17)16(22)20-14(11-21)13-7-5-12(4-2)6-8-13/h3,5-8,10,14,21H,1,4,9,11H2,2H3,(H,18,19)(H,20,22). The van der Waals surface area contributed by atoms with Crippen LogP contribution in [0, 0.1) is 0 Å². The van der Waals surface area contributed by atoms with Gasteiger partial charge in [-0.2, -0.15) is 0 Å². The third-order valence-corrected chi connectivity index (χ3v) is 4.36. The Morgan fingerprint density at radius 2 is 2.17 bits per heavy atom. The van der Waals surface area contributed by atoms with Gasteiger partial charge in [0.25, 0.3) is 5.91 Å². The summed E-state index contributed by atoms with van der Waals surface area (Å²) < 4.78 is 0. The molecule has 0 aliphatic heterocycles. The van der Waals surface area contributed by atoms with Crippen LogP contribution in [0.2, 0.25) is 0 Å². The smallest absolute Gasteiger partial charge is 0.263 e. The van der Waals surface area contributed by atoms with Crippen LogP contribution in [-0.2, 0) is 6.42 Å². The van der Waals surface area contributed by atoms with Crippen LogP contribution in [-0.4, -0.2) is 29.1 Å². The van der Waals surface area contributed by atoms with E-state index in [2.05, 4.69) is 29.1 Å². The number of carbonyl (C=O) groups excluding carboxylic acids is 1. The number of aliphatic hydroxyl groups excluding tert-OH is 1. The first kappa shape index (κ1) is 17.2. The Bertz CT molecular complexity index is 652. The highest BCUT2D eigenvalue weighted by atomic mass is 32.1. The van der Waals surface area contributed by atoms with Gasteiger partial charge in [0.2, 0.25) is 0 Å². The molecule has 3 N–H and O–H groups in total. The normalized spacial score (nSPS) is 11.7. The summed E-state index contributed by atoms with van der Waals surface area (Å²) in [7, 11) is 0. The van der Waals surface area contributed by atoms with Crippen molar-refractivity contribution in [2.45, 2.75) is 19.4 Å². The summed E-state index contributed by atoms with van der Waals surface area (Å²) >= 11 is 1.27. The lowest BCUT2D eigenvalue weighted by atomic mass is 10.0. The molecule has 0 aliphatic carbocycles. The van der Waals surface area contributed by atoms with Crippen LogP contribution in [0.25, 0.3) is 0 Å². The molecule has 23 heavy (non-hydrogen) atoms. The van der Waals surface area contributed by atoms with Gasteiger partial charge in [-0.05, 0) is 17.5 Å². The molecule has 1 unspecified atom stereocenters. The number of amides is 1. The van der Waals surface area contributed by atoms with Crippen LogP contribution < -0.4 is 10.6 Å². The van der Waals surface area contributed by atoms with Crippen LogP contribution in [0.15, 0.2) is 43.1 Å². The second kappa shape index (κ2) is 8.45. The highest BCUT2D eigenvalue weighted by molar-refractivity contribution is 7.17. The lowest BCUT2D eigenvalue weighted by Gasteiger charge is -2.16. The number of thiazole rings is 1. The van der Waals surface area contributed by atoms with Gasteiger partial charge < -0.3 is 15.7 Å². The zero-order valence-corrected chi connectivity index (χ0v) is 13.9. The summed E-state index contributed by atoms with van der Waals surface area (Å²) in [5.41, 5.74) is 2.10. The van der Waals surface area contributed by atoms with Crippen molar-refractivity contribution in [2.75, 3.05) is 18.5 Å². The zero-order chi connectivity index (χ0) is 16.7. The van der Waals surface area contributed by atoms with Crippen molar-refractivity contribution in [3.05, 3.63) is 59.1 Å². The highest BCUT2D eigenvalue weighted by Gasteiger charge is 2.17. The molecule has 1 atom stereocenters. The monoisotopic (exact) mass is 331 g/mol. The van der Waals surface area contributed by atoms with E-state index in [-0.39, 0.29) is 12.5 Å². The van der Waals surface area contributed by atoms with Crippen LogP contribution >= 0.6 is 11.3 Å². The van der Waals surface area contributed by atoms with Gasteiger partial charge in [0.1, 0.15) is 4.88 Å². The maximum absolute atomic E-state index is 12.3. The summed E-state index contributed by atoms with van der Waals surface area (Å²) in [6.07, 6.45) is 4.21. The molecule has 0 aliphatic rings. The van der Waals surface area contributed by atoms with Crippen LogP contribution in [0.5, 0.6) is 0 Å². The van der Waals surface area contributed by atoms with Gasteiger partial charge in [-0.25, -0.2) is 4.98 Å². The number of aromatic nitrogens is 1. The number of aryl methyl sites for hydroxylation is 1. The Morgan fingerprint density at radius 1 is 1.43 bits per heavy atom. The minimum atomic E-state index is -0.430. The molecule has 1 amide bonds. The summed E-state index contributed by atoms with van der Waals surface area (Å²) in [5.74, 6) is -0.243. The Balaban J connectivity index is 2.03. The van der Waals surface area contributed by atoms with Crippen molar-refractivity contribution < 1.29 is 9.90 Å². The van der Waals surface area contributed by atoms with Crippen molar-refractivity contribution >= 4 is 22.4 Å². The zero-order valence-electron chi connectivity index (χ0n) is 13.1. The van der Waals surface area contributed by atoms with Gasteiger partial charge in [0.15, 0.2) is 5.13 Å². The van der Waals surface area contributed by atoms with Crippen molar-refractivity contribution in [3.8, 4) is 0 Å². The molecule has 2 aromatic rings. The Morgan fingerprint density at radius 3 is 2.78 bits per heavy atom. The number of nitrogens with zero attached hydrogens (tertiary/aromatic N) is 1. The lowest BCUT2D eigenvalue weighted by Crippen LogP contribution is -2.30. The van der Waals surface area contributed by atoms with Gasteiger partial charge in [-0.3, -0.25) is 4.79 Å². The fraction of sp³-hybridized carbons (Fsp3) is 0.294. The van der Waals surface area contributed by atoms with Crippen molar-refractivity contribution in [2.24, 2.45) is 0 Å². The van der Waals surface area contributed by atoms with Crippen molar-refractivity contribution in [1.82, 2.24) is 10.3 Å². The molecule has 122 valence electrons. The molecular formula is C17H21N3O2S. The van der Waals surface area contributed by atoms with Crippen molar-refractivity contribution in [3.63, 3.8) is 0 Å². The van der Waals surface area contributed by atoms with Gasteiger partial charge in [-0.1, -0.05) is 48.6 Å². The van der Waals surface area contributed by atoms with Gasteiger partial charge >= 0.3 is 0 Å². The van der Waals surface area contributed by atoms with E-state index in [0.717, 1.165) is 12.0 Å². The fourth-order valence-electron chi connectivity index (χ4n) is 2.07. The maximum atomic E-state index is 12.3. The molecule has 1 aromatic carbocycles. The first-order valence-electron chi connectivity index (χ1n) is 7.49. The molecule has 6 heteroatoms. The summed E-state index contributed by atoms with van der Waals surface area (Å²) in [6, 6.07) is 7.45. The second-order valence-corrected chi connectivity index (χ2v) is 6.03. The minimum absolute atomic E-state index is 0.155. The topological polar surface area (TPSA) is 74.2 Å². The Kier molecular flexibility index (Phi) is 6.31. The van der Waals surface area contributed by atoms with E-state index in [0.29, 0.717) is 16.6 Å². The number of anilines is 1. The van der Waals surface area contributed by atoms with Crippen LogP contribution in [0.1, 0.15) is 33.8 Å². The second-order valence-electron chi connectivity index (χ2n) is 5.00. The molecule has 5 nitrogen and oxygen atoms in total. The van der Waals surface area contributed by atoms with Gasteiger partial charge in [-0.15, -0.1) is 6.58 Å². The van der Waals surface area contributed by atoms with Gasteiger partial charge in [0.05, 0.1) is 18.8 Å². The number of nitrogens with one attached hydrogen (secondary N) is 2. The molecule has 0 fully saturated rings. The van der Waals surface area contributed by atoms with Crippen LogP contribution in [0.3, 0.4) is 0 Å². The number of aliphatic hydroxyl groups is 1. The molecule has 2 rings (SSSR count). The molecule has 0 spiro atoms. The lowest BCUT2D eigenvalue weighted by molar-refractivity contribution is 0.0920. The van der Waals surface area contributed by atoms with E-state index in [9.17, 15) is 9.90 Å². The first-order valence-corrected chi connectivity index (χ1v) is 8.30. The number of hydrogen-bond acceptors (Lipinski definition) is 5. The predicted octanol–water partition coefficient (Wildman–Crippen LogP) is 2.77. The molecule has 1 heterocycles. The largest absolute Gasteiger partial charge is 0.394 e. The van der Waals surface area contributed by atoms with E-state index in [1.54, 1.807) is 6.08 Å². The number of rotatable bonds is 8. The Labute approximate surface area is 140 Å². The molecular weight excluding hydrogens is 310 g/mol. The maximum Gasteiger partial charge on any atom is 0.263 e. The van der Waals surface area contributed by atoms with E-state index < -0.39 is 6.04 Å². The van der Waals surface area contributed by atoms with E-state index in [1.807, 2.05) is 24.3 Å². The Hall–Kier alpha value is -2.18. The molecule has 0 saturated heterocycles. The molecule has 1 aromatic heterocycles. The molecule has 0 bridgehead atoms. The summed E-state index contributed by atoms with van der Waals surface area (Å²) in [6.45, 7) is 6.15.